The fraction of sp³-hybridized carbons (Fsp3) is 0.0833. The van der Waals surface area contributed by atoms with Crippen LogP contribution in [-0.4, -0.2) is 9.78 Å². The average Bonchev–Trinajstić information content (AvgIpc) is 2.83. The minimum absolute atomic E-state index is 0.613. The van der Waals surface area contributed by atoms with E-state index in [2.05, 4.69) is 21.0 Å². The number of halogens is 1. The number of aryl methyl sites for hydroxylation is 1. The number of nitrogen functional groups attached to an aromatic ring is 1. The van der Waals surface area contributed by atoms with E-state index in [1.807, 2.05) is 24.3 Å². The number of furan rings is 1. The maximum absolute atomic E-state index is 5.75. The molecule has 3 rings (SSSR count). The number of nitrogens with zero attached hydrogens (tertiary/aromatic N) is 2. The Bertz CT molecular complexity index is 679. The van der Waals surface area contributed by atoms with Crippen molar-refractivity contribution in [1.82, 2.24) is 9.78 Å². The summed E-state index contributed by atoms with van der Waals surface area (Å²) in [6.45, 7) is 0. The first-order chi connectivity index (χ1) is 8.13. The molecule has 5 heteroatoms. The number of rotatable bonds is 1. The van der Waals surface area contributed by atoms with Crippen molar-refractivity contribution in [1.29, 1.82) is 0 Å². The first-order valence-corrected chi connectivity index (χ1v) is 5.92. The summed E-state index contributed by atoms with van der Waals surface area (Å²) in [6.07, 6.45) is 0. The minimum Gasteiger partial charge on any atom is -0.454 e. The van der Waals surface area contributed by atoms with Crippen LogP contribution in [0, 0.1) is 0 Å². The lowest BCUT2D eigenvalue weighted by molar-refractivity contribution is 0.625. The average molecular weight is 292 g/mol. The summed E-state index contributed by atoms with van der Waals surface area (Å²) >= 11 is 3.43. The SMILES string of the molecule is Cn1nc(-c2cc3cc(Br)ccc3o2)cc1N. The predicted molar refractivity (Wildman–Crippen MR) is 70.5 cm³/mol. The van der Waals surface area contributed by atoms with Crippen LogP contribution in [0.2, 0.25) is 0 Å². The lowest BCUT2D eigenvalue weighted by Crippen LogP contribution is -1.96. The van der Waals surface area contributed by atoms with Crippen molar-refractivity contribution in [2.24, 2.45) is 7.05 Å². The first kappa shape index (κ1) is 10.4. The van der Waals surface area contributed by atoms with Gasteiger partial charge in [0.2, 0.25) is 0 Å². The number of anilines is 1. The maximum atomic E-state index is 5.75. The summed E-state index contributed by atoms with van der Waals surface area (Å²) in [5.74, 6) is 1.34. The smallest absolute Gasteiger partial charge is 0.155 e. The second kappa shape index (κ2) is 3.63. The van der Waals surface area contributed by atoms with E-state index in [9.17, 15) is 0 Å². The molecule has 0 bridgehead atoms. The standard InChI is InChI=1S/C12H10BrN3O/c1-16-12(14)6-9(15-16)11-5-7-4-8(13)2-3-10(7)17-11/h2-6H,14H2,1H3. The number of aromatic nitrogens is 2. The van der Waals surface area contributed by atoms with Gasteiger partial charge in [-0.05, 0) is 24.3 Å². The first-order valence-electron chi connectivity index (χ1n) is 5.12. The molecule has 0 saturated heterocycles. The third-order valence-electron chi connectivity index (χ3n) is 2.65. The van der Waals surface area contributed by atoms with Gasteiger partial charge < -0.3 is 10.2 Å². The molecule has 0 radical (unpaired) electrons. The third kappa shape index (κ3) is 1.72. The molecule has 0 atom stereocenters. The van der Waals surface area contributed by atoms with Gasteiger partial charge in [-0.15, -0.1) is 0 Å². The zero-order valence-corrected chi connectivity index (χ0v) is 10.7. The molecule has 0 saturated carbocycles. The Morgan fingerprint density at radius 2 is 2.12 bits per heavy atom. The van der Waals surface area contributed by atoms with Crippen molar-refractivity contribution in [3.63, 3.8) is 0 Å². The highest BCUT2D eigenvalue weighted by Gasteiger charge is 2.10. The minimum atomic E-state index is 0.613. The van der Waals surface area contributed by atoms with E-state index < -0.39 is 0 Å². The molecule has 0 amide bonds. The van der Waals surface area contributed by atoms with E-state index in [0.717, 1.165) is 26.9 Å². The van der Waals surface area contributed by atoms with Crippen LogP contribution in [0.3, 0.4) is 0 Å². The van der Waals surface area contributed by atoms with Crippen molar-refractivity contribution >= 4 is 32.7 Å². The molecular weight excluding hydrogens is 282 g/mol. The number of nitrogens with two attached hydrogens (primary N) is 1. The van der Waals surface area contributed by atoms with Crippen molar-refractivity contribution < 1.29 is 4.42 Å². The summed E-state index contributed by atoms with van der Waals surface area (Å²) in [5, 5.41) is 5.32. The number of fused-ring (bicyclic) bond motifs is 1. The zero-order chi connectivity index (χ0) is 12.0. The Morgan fingerprint density at radius 1 is 1.29 bits per heavy atom. The number of benzene rings is 1. The second-order valence-electron chi connectivity index (χ2n) is 3.87. The molecule has 2 N–H and O–H groups in total. The molecule has 86 valence electrons. The normalized spacial score (nSPS) is 11.2. The van der Waals surface area contributed by atoms with Gasteiger partial charge in [0.1, 0.15) is 17.1 Å². The van der Waals surface area contributed by atoms with Crippen LogP contribution in [0.4, 0.5) is 5.82 Å². The molecule has 1 aromatic carbocycles. The molecule has 3 aromatic rings. The quantitative estimate of drug-likeness (QED) is 0.749. The molecule has 0 aliphatic heterocycles. The maximum Gasteiger partial charge on any atom is 0.155 e. The summed E-state index contributed by atoms with van der Waals surface area (Å²) in [4.78, 5) is 0. The van der Waals surface area contributed by atoms with Crippen LogP contribution in [-0.2, 0) is 7.05 Å². The highest BCUT2D eigenvalue weighted by Crippen LogP contribution is 2.29. The van der Waals surface area contributed by atoms with E-state index in [1.165, 1.54) is 0 Å². The van der Waals surface area contributed by atoms with Crippen LogP contribution in [0.25, 0.3) is 22.4 Å². The summed E-state index contributed by atoms with van der Waals surface area (Å²) < 4.78 is 8.37. The van der Waals surface area contributed by atoms with Crippen LogP contribution >= 0.6 is 15.9 Å². The highest BCUT2D eigenvalue weighted by atomic mass is 79.9. The Balaban J connectivity index is 2.17. The van der Waals surface area contributed by atoms with Crippen molar-refractivity contribution in [2.45, 2.75) is 0 Å². The van der Waals surface area contributed by atoms with Crippen LogP contribution < -0.4 is 5.73 Å². The summed E-state index contributed by atoms with van der Waals surface area (Å²) in [5.41, 5.74) is 7.34. The Morgan fingerprint density at radius 3 is 2.82 bits per heavy atom. The van der Waals surface area contributed by atoms with Crippen LogP contribution in [0.15, 0.2) is 39.2 Å². The Kier molecular flexibility index (Phi) is 2.22. The third-order valence-corrected chi connectivity index (χ3v) is 3.14. The molecule has 0 aliphatic carbocycles. The Hall–Kier alpha value is -1.75. The van der Waals surface area contributed by atoms with Gasteiger partial charge in [0, 0.05) is 23.0 Å². The topological polar surface area (TPSA) is 57.0 Å². The molecule has 17 heavy (non-hydrogen) atoms. The lowest BCUT2D eigenvalue weighted by Gasteiger charge is -1.89. The van der Waals surface area contributed by atoms with E-state index in [-0.39, 0.29) is 0 Å². The van der Waals surface area contributed by atoms with E-state index >= 15 is 0 Å². The fourth-order valence-corrected chi connectivity index (χ4v) is 2.12. The van der Waals surface area contributed by atoms with E-state index in [0.29, 0.717) is 5.82 Å². The van der Waals surface area contributed by atoms with Gasteiger partial charge in [-0.1, -0.05) is 15.9 Å². The monoisotopic (exact) mass is 291 g/mol. The van der Waals surface area contributed by atoms with Crippen molar-refractivity contribution in [3.8, 4) is 11.5 Å². The van der Waals surface area contributed by atoms with Crippen molar-refractivity contribution in [3.05, 3.63) is 34.8 Å². The molecule has 0 spiro atoms. The molecule has 2 heterocycles. The van der Waals surface area contributed by atoms with Gasteiger partial charge in [-0.2, -0.15) is 5.10 Å². The van der Waals surface area contributed by atoms with Gasteiger partial charge in [-0.25, -0.2) is 0 Å². The zero-order valence-electron chi connectivity index (χ0n) is 9.14. The van der Waals surface area contributed by atoms with Gasteiger partial charge in [0.25, 0.3) is 0 Å². The molecule has 4 nitrogen and oxygen atoms in total. The van der Waals surface area contributed by atoms with Crippen LogP contribution in [0.5, 0.6) is 0 Å². The van der Waals surface area contributed by atoms with Gasteiger partial charge >= 0.3 is 0 Å². The highest BCUT2D eigenvalue weighted by molar-refractivity contribution is 9.10. The largest absolute Gasteiger partial charge is 0.454 e. The van der Waals surface area contributed by atoms with Gasteiger partial charge in [0.15, 0.2) is 5.76 Å². The lowest BCUT2D eigenvalue weighted by atomic mass is 10.2. The molecule has 2 aromatic heterocycles. The second-order valence-corrected chi connectivity index (χ2v) is 4.79. The molecule has 0 unspecified atom stereocenters. The van der Waals surface area contributed by atoms with Gasteiger partial charge in [-0.3, -0.25) is 4.68 Å². The number of hydrogen-bond donors (Lipinski definition) is 1. The van der Waals surface area contributed by atoms with Gasteiger partial charge in [0.05, 0.1) is 0 Å². The van der Waals surface area contributed by atoms with E-state index in [4.69, 9.17) is 10.2 Å². The molecule has 0 fully saturated rings. The van der Waals surface area contributed by atoms with E-state index in [1.54, 1.807) is 17.8 Å². The van der Waals surface area contributed by atoms with Crippen molar-refractivity contribution in [2.75, 3.05) is 5.73 Å². The summed E-state index contributed by atoms with van der Waals surface area (Å²) in [7, 11) is 1.80. The predicted octanol–water partition coefficient (Wildman–Crippen LogP) is 3.18. The summed E-state index contributed by atoms with van der Waals surface area (Å²) in [6, 6.07) is 9.64. The number of hydrogen-bond acceptors (Lipinski definition) is 3. The fourth-order valence-electron chi connectivity index (χ4n) is 1.74. The van der Waals surface area contributed by atoms with Crippen LogP contribution in [0.1, 0.15) is 0 Å². The molecule has 0 aliphatic rings. The Labute approximate surface area is 106 Å². The molecular formula is C12H10BrN3O.